The van der Waals surface area contributed by atoms with Crippen molar-refractivity contribution in [3.63, 3.8) is 0 Å². The summed E-state index contributed by atoms with van der Waals surface area (Å²) in [6.45, 7) is 1.95. The normalized spacial score (nSPS) is 15.0. The monoisotopic (exact) mass is 542 g/mol. The van der Waals surface area contributed by atoms with E-state index < -0.39 is 17.8 Å². The SMILES string of the molecule is Cc1ccc(N2C(=O)NC(=O)/C(=C/c3ccc(OCc4cccc(F)c4)c(Br)c3)C2=O)cc1Cl. The van der Waals surface area contributed by atoms with E-state index in [4.69, 9.17) is 16.3 Å². The second-order valence-corrected chi connectivity index (χ2v) is 8.76. The predicted molar refractivity (Wildman–Crippen MR) is 130 cm³/mol. The Morgan fingerprint density at radius 3 is 2.59 bits per heavy atom. The number of carbonyl (C=O) groups excluding carboxylic acids is 3. The summed E-state index contributed by atoms with van der Waals surface area (Å²) in [5.41, 5.74) is 2.02. The third-order valence-corrected chi connectivity index (χ3v) is 6.09. The molecule has 0 saturated carbocycles. The summed E-state index contributed by atoms with van der Waals surface area (Å²) < 4.78 is 19.6. The molecule has 0 aromatic heterocycles. The number of barbiturate groups is 1. The number of nitrogens with zero attached hydrogens (tertiary/aromatic N) is 1. The number of amides is 4. The molecule has 1 heterocycles. The summed E-state index contributed by atoms with van der Waals surface area (Å²) >= 11 is 9.55. The second kappa shape index (κ2) is 9.79. The number of aryl methyl sites for hydroxylation is 1. The molecular weight excluding hydrogens is 527 g/mol. The van der Waals surface area contributed by atoms with Crippen molar-refractivity contribution in [3.05, 3.63) is 98.2 Å². The Morgan fingerprint density at radius 2 is 1.88 bits per heavy atom. The predicted octanol–water partition coefficient (Wildman–Crippen LogP) is 5.80. The van der Waals surface area contributed by atoms with Crippen LogP contribution < -0.4 is 15.0 Å². The number of nitrogens with one attached hydrogen (secondary N) is 1. The maximum atomic E-state index is 13.3. The van der Waals surface area contributed by atoms with Crippen LogP contribution in [0.3, 0.4) is 0 Å². The third kappa shape index (κ3) is 5.03. The van der Waals surface area contributed by atoms with E-state index in [1.807, 2.05) is 0 Å². The number of hydrogen-bond acceptors (Lipinski definition) is 4. The Kier molecular flexibility index (Phi) is 6.81. The van der Waals surface area contributed by atoms with Crippen molar-refractivity contribution in [1.29, 1.82) is 0 Å². The fourth-order valence-electron chi connectivity index (χ4n) is 3.29. The highest BCUT2D eigenvalue weighted by molar-refractivity contribution is 9.10. The Bertz CT molecular complexity index is 1360. The lowest BCUT2D eigenvalue weighted by Gasteiger charge is -2.26. The van der Waals surface area contributed by atoms with Crippen LogP contribution in [0, 0.1) is 12.7 Å². The number of imide groups is 2. The van der Waals surface area contributed by atoms with Crippen LogP contribution in [0.1, 0.15) is 16.7 Å². The van der Waals surface area contributed by atoms with E-state index >= 15 is 0 Å². The molecule has 1 N–H and O–H groups in total. The van der Waals surface area contributed by atoms with Gasteiger partial charge in [0.1, 0.15) is 23.7 Å². The number of hydrogen-bond donors (Lipinski definition) is 1. The van der Waals surface area contributed by atoms with Crippen LogP contribution in [0.4, 0.5) is 14.9 Å². The molecule has 4 rings (SSSR count). The molecule has 3 aromatic rings. The van der Waals surface area contributed by atoms with E-state index in [1.54, 1.807) is 49.4 Å². The van der Waals surface area contributed by atoms with Gasteiger partial charge in [0.15, 0.2) is 0 Å². The molecule has 4 amide bonds. The first-order chi connectivity index (χ1) is 16.2. The first-order valence-electron chi connectivity index (χ1n) is 10.1. The average Bonchev–Trinajstić information content (AvgIpc) is 2.78. The van der Waals surface area contributed by atoms with E-state index in [0.717, 1.165) is 10.5 Å². The van der Waals surface area contributed by atoms with Crippen LogP contribution in [-0.4, -0.2) is 17.8 Å². The first-order valence-corrected chi connectivity index (χ1v) is 11.2. The van der Waals surface area contributed by atoms with Crippen LogP contribution in [0.5, 0.6) is 5.75 Å². The van der Waals surface area contributed by atoms with E-state index in [0.29, 0.717) is 26.4 Å². The molecule has 0 atom stereocenters. The van der Waals surface area contributed by atoms with Gasteiger partial charge in [-0.05, 0) is 82.0 Å². The number of rotatable bonds is 5. The fraction of sp³-hybridized carbons (Fsp3) is 0.0800. The lowest BCUT2D eigenvalue weighted by Crippen LogP contribution is -2.54. The van der Waals surface area contributed by atoms with E-state index in [1.165, 1.54) is 24.3 Å². The Labute approximate surface area is 208 Å². The van der Waals surface area contributed by atoms with Crippen LogP contribution in [0.15, 0.2) is 70.7 Å². The summed E-state index contributed by atoms with van der Waals surface area (Å²) in [6, 6.07) is 15.0. The van der Waals surface area contributed by atoms with Crippen molar-refractivity contribution >= 4 is 57.1 Å². The van der Waals surface area contributed by atoms with Gasteiger partial charge in [-0.25, -0.2) is 14.1 Å². The van der Waals surface area contributed by atoms with Crippen LogP contribution in [0.25, 0.3) is 6.08 Å². The maximum absolute atomic E-state index is 13.3. The summed E-state index contributed by atoms with van der Waals surface area (Å²) in [5, 5.41) is 2.57. The highest BCUT2D eigenvalue weighted by atomic mass is 79.9. The summed E-state index contributed by atoms with van der Waals surface area (Å²) in [7, 11) is 0. The average molecular weight is 544 g/mol. The molecule has 1 aliphatic rings. The minimum atomic E-state index is -0.852. The molecule has 172 valence electrons. The number of halogens is 3. The highest BCUT2D eigenvalue weighted by Crippen LogP contribution is 2.30. The molecule has 0 aliphatic carbocycles. The number of urea groups is 1. The molecule has 0 bridgehead atoms. The second-order valence-electron chi connectivity index (χ2n) is 7.50. The van der Waals surface area contributed by atoms with Crippen molar-refractivity contribution in [2.75, 3.05) is 4.90 Å². The summed E-state index contributed by atoms with van der Waals surface area (Å²) in [4.78, 5) is 38.7. The smallest absolute Gasteiger partial charge is 0.335 e. The largest absolute Gasteiger partial charge is 0.488 e. The third-order valence-electron chi connectivity index (χ3n) is 5.07. The van der Waals surface area contributed by atoms with Crippen LogP contribution >= 0.6 is 27.5 Å². The molecular formula is C25H17BrClFN2O4. The van der Waals surface area contributed by atoms with Gasteiger partial charge in [0.05, 0.1) is 10.2 Å². The zero-order valence-corrected chi connectivity index (χ0v) is 20.1. The molecule has 1 fully saturated rings. The van der Waals surface area contributed by atoms with E-state index in [9.17, 15) is 18.8 Å². The zero-order valence-electron chi connectivity index (χ0n) is 17.8. The molecule has 6 nitrogen and oxygen atoms in total. The summed E-state index contributed by atoms with van der Waals surface area (Å²) in [5.74, 6) is -1.42. The standard InChI is InChI=1S/C25H17BrClFN2O4/c1-14-5-7-18(12-21(14)27)30-24(32)19(23(31)29-25(30)33)10-15-6-8-22(20(26)11-15)34-13-16-3-2-4-17(28)9-16/h2-12H,13H2,1H3,(H,29,31,33)/b19-10-. The van der Waals surface area contributed by atoms with Gasteiger partial charge in [-0.2, -0.15) is 0 Å². The molecule has 0 unspecified atom stereocenters. The molecule has 0 spiro atoms. The number of ether oxygens (including phenoxy) is 1. The summed E-state index contributed by atoms with van der Waals surface area (Å²) in [6.07, 6.45) is 1.38. The van der Waals surface area contributed by atoms with Gasteiger partial charge in [0.25, 0.3) is 11.8 Å². The van der Waals surface area contributed by atoms with Crippen molar-refractivity contribution in [1.82, 2.24) is 5.32 Å². The minimum absolute atomic E-state index is 0.161. The number of anilines is 1. The van der Waals surface area contributed by atoms with Gasteiger partial charge in [0.2, 0.25) is 0 Å². The molecule has 1 aliphatic heterocycles. The molecule has 9 heteroatoms. The maximum Gasteiger partial charge on any atom is 0.335 e. The van der Waals surface area contributed by atoms with Gasteiger partial charge in [-0.1, -0.05) is 35.9 Å². The van der Waals surface area contributed by atoms with Gasteiger partial charge in [-0.3, -0.25) is 14.9 Å². The van der Waals surface area contributed by atoms with Crippen molar-refractivity contribution < 1.29 is 23.5 Å². The molecule has 0 radical (unpaired) electrons. The lowest BCUT2D eigenvalue weighted by atomic mass is 10.1. The molecule has 34 heavy (non-hydrogen) atoms. The van der Waals surface area contributed by atoms with E-state index in [2.05, 4.69) is 21.2 Å². The van der Waals surface area contributed by atoms with Gasteiger partial charge in [0, 0.05) is 5.02 Å². The van der Waals surface area contributed by atoms with Crippen LogP contribution in [-0.2, 0) is 16.2 Å². The Morgan fingerprint density at radius 1 is 1.09 bits per heavy atom. The topological polar surface area (TPSA) is 75.7 Å². The van der Waals surface area contributed by atoms with Crippen molar-refractivity contribution in [2.45, 2.75) is 13.5 Å². The van der Waals surface area contributed by atoms with Crippen molar-refractivity contribution in [3.8, 4) is 5.75 Å². The molecule has 3 aromatic carbocycles. The van der Waals surface area contributed by atoms with E-state index in [-0.39, 0.29) is 23.7 Å². The zero-order chi connectivity index (χ0) is 24.4. The Balaban J connectivity index is 1.57. The van der Waals surface area contributed by atoms with Crippen molar-refractivity contribution in [2.24, 2.45) is 0 Å². The Hall–Kier alpha value is -3.49. The fourth-order valence-corrected chi connectivity index (χ4v) is 3.98. The van der Waals surface area contributed by atoms with Gasteiger partial charge >= 0.3 is 6.03 Å². The van der Waals surface area contributed by atoms with Crippen LogP contribution in [0.2, 0.25) is 5.02 Å². The lowest BCUT2D eigenvalue weighted by molar-refractivity contribution is -0.122. The number of benzene rings is 3. The molecule has 1 saturated heterocycles. The van der Waals surface area contributed by atoms with Gasteiger partial charge in [-0.15, -0.1) is 0 Å². The first kappa shape index (κ1) is 23.7. The van der Waals surface area contributed by atoms with Gasteiger partial charge < -0.3 is 4.74 Å². The highest BCUT2D eigenvalue weighted by Gasteiger charge is 2.37. The minimum Gasteiger partial charge on any atom is -0.488 e. The number of carbonyl (C=O) groups is 3. The quantitative estimate of drug-likeness (QED) is 0.326.